The summed E-state index contributed by atoms with van der Waals surface area (Å²) in [5.41, 5.74) is 0. The zero-order valence-electron chi connectivity index (χ0n) is 12.4. The third-order valence-electron chi connectivity index (χ3n) is 2.03. The first kappa shape index (κ1) is 16.6. The van der Waals surface area contributed by atoms with Gasteiger partial charge in [-0.3, -0.25) is 0 Å². The minimum Gasteiger partial charge on any atom is -0.437 e. The minimum absolute atomic E-state index is 0. The predicted octanol–water partition coefficient (Wildman–Crippen LogP) is 4.81. The molecule has 100 valence electrons. The van der Waals surface area contributed by atoms with E-state index in [4.69, 9.17) is 8.23 Å². The van der Waals surface area contributed by atoms with Gasteiger partial charge in [0, 0.05) is 1.43 Å². The first-order valence-electron chi connectivity index (χ1n) is 6.38. The zero-order chi connectivity index (χ0) is 13.0. The SMILES string of the molecule is CCCC[Si](C)(O[Si](C)(C)C)O[Si](C)(C)C.[HH]. The molecule has 0 fully saturated rings. The quantitative estimate of drug-likeness (QED) is 0.623. The molecular formula is C11H32O2Si3. The Bertz CT molecular complexity index is 196. The van der Waals surface area contributed by atoms with E-state index < -0.39 is 25.2 Å². The lowest BCUT2D eigenvalue weighted by Gasteiger charge is -2.38. The molecule has 0 aromatic carbocycles. The third kappa shape index (κ3) is 8.69. The largest absolute Gasteiger partial charge is 0.437 e. The van der Waals surface area contributed by atoms with Crippen LogP contribution >= 0.6 is 0 Å². The Balaban J connectivity index is 0. The van der Waals surface area contributed by atoms with Crippen molar-refractivity contribution in [2.45, 2.75) is 71.6 Å². The molecule has 0 heterocycles. The van der Waals surface area contributed by atoms with E-state index in [0.717, 1.165) is 6.04 Å². The highest BCUT2D eigenvalue weighted by Crippen LogP contribution is 2.25. The molecule has 0 radical (unpaired) electrons. The molecule has 5 heteroatoms. The Morgan fingerprint density at radius 1 is 0.812 bits per heavy atom. The summed E-state index contributed by atoms with van der Waals surface area (Å²) in [7, 11) is -4.88. The Labute approximate surface area is 107 Å². The van der Waals surface area contributed by atoms with Crippen molar-refractivity contribution in [1.82, 2.24) is 0 Å². The van der Waals surface area contributed by atoms with E-state index in [2.05, 4.69) is 52.8 Å². The zero-order valence-corrected chi connectivity index (χ0v) is 15.4. The highest BCUT2D eigenvalue weighted by Gasteiger charge is 2.39. The summed E-state index contributed by atoms with van der Waals surface area (Å²) in [5, 5.41) is 0. The van der Waals surface area contributed by atoms with Crippen molar-refractivity contribution in [1.29, 1.82) is 0 Å². The van der Waals surface area contributed by atoms with E-state index in [1.807, 2.05) is 0 Å². The highest BCUT2D eigenvalue weighted by atomic mass is 28.5. The molecule has 0 bridgehead atoms. The van der Waals surface area contributed by atoms with E-state index in [1.54, 1.807) is 0 Å². The van der Waals surface area contributed by atoms with Gasteiger partial charge in [0.2, 0.25) is 0 Å². The molecule has 0 spiro atoms. The number of hydrogen-bond acceptors (Lipinski definition) is 2. The van der Waals surface area contributed by atoms with Crippen LogP contribution in [0.1, 0.15) is 21.2 Å². The summed E-state index contributed by atoms with van der Waals surface area (Å²) >= 11 is 0. The average molecular weight is 281 g/mol. The fraction of sp³-hybridized carbons (Fsp3) is 1.00. The maximum absolute atomic E-state index is 6.39. The average Bonchev–Trinajstić information content (AvgIpc) is 1.93. The van der Waals surface area contributed by atoms with Crippen LogP contribution in [0.4, 0.5) is 0 Å². The van der Waals surface area contributed by atoms with Crippen LogP contribution in [0.25, 0.3) is 0 Å². The van der Waals surface area contributed by atoms with Gasteiger partial charge in [-0.25, -0.2) is 0 Å². The van der Waals surface area contributed by atoms with E-state index >= 15 is 0 Å². The van der Waals surface area contributed by atoms with Gasteiger partial charge in [-0.1, -0.05) is 19.8 Å². The maximum Gasteiger partial charge on any atom is 0.314 e. The van der Waals surface area contributed by atoms with Crippen molar-refractivity contribution in [3.63, 3.8) is 0 Å². The molecule has 16 heavy (non-hydrogen) atoms. The summed E-state index contributed by atoms with van der Waals surface area (Å²) in [5.74, 6) is 0. The molecule has 0 aliphatic carbocycles. The Morgan fingerprint density at radius 2 is 1.19 bits per heavy atom. The van der Waals surface area contributed by atoms with E-state index in [1.165, 1.54) is 12.8 Å². The highest BCUT2D eigenvalue weighted by molar-refractivity contribution is 6.87. The molecule has 0 aliphatic heterocycles. The van der Waals surface area contributed by atoms with Crippen LogP contribution in [-0.4, -0.2) is 25.2 Å². The summed E-state index contributed by atoms with van der Waals surface area (Å²) in [6, 6.07) is 1.15. The third-order valence-corrected chi connectivity index (χ3v) is 11.6. The van der Waals surface area contributed by atoms with E-state index in [9.17, 15) is 0 Å². The van der Waals surface area contributed by atoms with Crippen molar-refractivity contribution < 1.29 is 9.66 Å². The number of hydrogen-bond donors (Lipinski definition) is 0. The van der Waals surface area contributed by atoms with Crippen LogP contribution < -0.4 is 0 Å². The topological polar surface area (TPSA) is 18.5 Å². The smallest absolute Gasteiger partial charge is 0.314 e. The number of unbranched alkanes of at least 4 members (excludes halogenated alkanes) is 1. The summed E-state index contributed by atoms with van der Waals surface area (Å²) in [4.78, 5) is 0. The van der Waals surface area contributed by atoms with Crippen molar-refractivity contribution in [3.05, 3.63) is 0 Å². The van der Waals surface area contributed by atoms with Gasteiger partial charge in [0.1, 0.15) is 0 Å². The summed E-state index contributed by atoms with van der Waals surface area (Å²) in [6.45, 7) is 18.1. The van der Waals surface area contributed by atoms with E-state index in [0.29, 0.717) is 0 Å². The second-order valence-corrected chi connectivity index (χ2v) is 19.5. The van der Waals surface area contributed by atoms with Crippen LogP contribution in [0.15, 0.2) is 0 Å². The molecule has 0 N–H and O–H groups in total. The summed E-state index contributed by atoms with van der Waals surface area (Å²) < 4.78 is 12.8. The predicted molar refractivity (Wildman–Crippen MR) is 82.3 cm³/mol. The molecule has 0 aliphatic rings. The molecule has 0 amide bonds. The van der Waals surface area contributed by atoms with Gasteiger partial charge in [0.25, 0.3) is 0 Å². The molecular weight excluding hydrogens is 248 g/mol. The first-order valence-corrected chi connectivity index (χ1v) is 15.7. The summed E-state index contributed by atoms with van der Waals surface area (Å²) in [6.07, 6.45) is 2.46. The van der Waals surface area contributed by atoms with Gasteiger partial charge in [-0.15, -0.1) is 0 Å². The molecule has 0 aromatic rings. The van der Waals surface area contributed by atoms with Crippen molar-refractivity contribution in [2.24, 2.45) is 0 Å². The molecule has 0 rings (SSSR count). The van der Waals surface area contributed by atoms with Crippen LogP contribution in [-0.2, 0) is 8.23 Å². The fourth-order valence-electron chi connectivity index (χ4n) is 1.92. The van der Waals surface area contributed by atoms with Crippen molar-refractivity contribution in [2.75, 3.05) is 0 Å². The molecule has 0 saturated heterocycles. The lowest BCUT2D eigenvalue weighted by atomic mass is 10.4. The maximum atomic E-state index is 6.39. The Hall–Kier alpha value is 0.571. The van der Waals surface area contributed by atoms with Gasteiger partial charge >= 0.3 is 8.56 Å². The van der Waals surface area contributed by atoms with Crippen molar-refractivity contribution >= 4 is 25.2 Å². The second-order valence-electron chi connectivity index (χ2n) is 6.67. The lowest BCUT2D eigenvalue weighted by Crippen LogP contribution is -2.52. The molecule has 0 unspecified atom stereocenters. The van der Waals surface area contributed by atoms with Crippen molar-refractivity contribution in [3.8, 4) is 0 Å². The van der Waals surface area contributed by atoms with Crippen LogP contribution in [0.2, 0.25) is 51.9 Å². The monoisotopic (exact) mass is 280 g/mol. The van der Waals surface area contributed by atoms with Gasteiger partial charge in [-0.2, -0.15) is 0 Å². The first-order chi connectivity index (χ1) is 6.97. The molecule has 0 saturated carbocycles. The Kier molecular flexibility index (Phi) is 6.16. The minimum atomic E-state index is -1.92. The van der Waals surface area contributed by atoms with Crippen LogP contribution in [0, 0.1) is 0 Å². The fourth-order valence-corrected chi connectivity index (χ4v) is 14.6. The molecule has 0 atom stereocenters. The molecule has 2 nitrogen and oxygen atoms in total. The number of rotatable bonds is 7. The van der Waals surface area contributed by atoms with Gasteiger partial charge in [0.15, 0.2) is 16.6 Å². The molecule has 0 aromatic heterocycles. The lowest BCUT2D eigenvalue weighted by molar-refractivity contribution is 0.381. The van der Waals surface area contributed by atoms with Gasteiger partial charge in [-0.05, 0) is 51.9 Å². The van der Waals surface area contributed by atoms with Crippen LogP contribution in [0.3, 0.4) is 0 Å². The second kappa shape index (κ2) is 5.95. The Morgan fingerprint density at radius 3 is 1.44 bits per heavy atom. The van der Waals surface area contributed by atoms with Gasteiger partial charge < -0.3 is 8.23 Å². The van der Waals surface area contributed by atoms with E-state index in [-0.39, 0.29) is 1.43 Å². The standard InChI is InChI=1S/C11H30O2Si3.H2/c1-9-10-11-16(8,12-14(2,3)4)13-15(5,6)7;/h9-11H2,1-8H3;1H. The normalized spacial score (nSPS) is 14.2. The van der Waals surface area contributed by atoms with Crippen LogP contribution in [0.5, 0.6) is 0 Å². The van der Waals surface area contributed by atoms with Gasteiger partial charge in [0.05, 0.1) is 0 Å².